The SMILES string of the molecule is Cn1cc(Cl)c(C2CCc3nc(C(=O)C4CC4)nn32)n1. The van der Waals surface area contributed by atoms with Crippen LogP contribution in [0.1, 0.15) is 47.4 Å². The first-order valence-corrected chi connectivity index (χ1v) is 7.20. The lowest BCUT2D eigenvalue weighted by atomic mass is 10.1. The van der Waals surface area contributed by atoms with E-state index >= 15 is 0 Å². The Kier molecular flexibility index (Phi) is 2.51. The summed E-state index contributed by atoms with van der Waals surface area (Å²) < 4.78 is 3.52. The van der Waals surface area contributed by atoms with E-state index in [2.05, 4.69) is 15.2 Å². The molecular weight excluding hydrogens is 278 g/mol. The summed E-state index contributed by atoms with van der Waals surface area (Å²) in [5.41, 5.74) is 0.809. The van der Waals surface area contributed by atoms with Gasteiger partial charge in [-0.15, -0.1) is 5.10 Å². The van der Waals surface area contributed by atoms with Gasteiger partial charge in [-0.1, -0.05) is 11.6 Å². The van der Waals surface area contributed by atoms with Crippen molar-refractivity contribution in [1.29, 1.82) is 0 Å². The van der Waals surface area contributed by atoms with Gasteiger partial charge in [-0.3, -0.25) is 9.48 Å². The number of hydrogen-bond acceptors (Lipinski definition) is 4. The van der Waals surface area contributed by atoms with Gasteiger partial charge in [0.25, 0.3) is 0 Å². The normalized spacial score (nSPS) is 21.2. The van der Waals surface area contributed by atoms with Gasteiger partial charge in [0.2, 0.25) is 11.6 Å². The molecule has 0 aromatic carbocycles. The number of carbonyl (C=O) groups excluding carboxylic acids is 1. The second-order valence-corrected chi connectivity index (χ2v) is 5.93. The molecule has 0 amide bonds. The minimum atomic E-state index is -0.00745. The molecule has 1 unspecified atom stereocenters. The molecule has 0 spiro atoms. The lowest BCUT2D eigenvalue weighted by molar-refractivity contribution is 0.0957. The van der Waals surface area contributed by atoms with Crippen LogP contribution in [0.2, 0.25) is 5.02 Å². The molecule has 20 heavy (non-hydrogen) atoms. The summed E-state index contributed by atoms with van der Waals surface area (Å²) in [6.07, 6.45) is 5.41. The van der Waals surface area contributed by atoms with Crippen LogP contribution in [-0.4, -0.2) is 30.3 Å². The van der Waals surface area contributed by atoms with Crippen molar-refractivity contribution >= 4 is 17.4 Å². The molecule has 1 fully saturated rings. The maximum Gasteiger partial charge on any atom is 0.217 e. The predicted octanol–water partition coefficient (Wildman–Crippen LogP) is 1.79. The number of rotatable bonds is 3. The molecule has 1 saturated carbocycles. The summed E-state index contributed by atoms with van der Waals surface area (Å²) in [7, 11) is 1.84. The van der Waals surface area contributed by atoms with Crippen molar-refractivity contribution in [2.45, 2.75) is 31.7 Å². The highest BCUT2D eigenvalue weighted by atomic mass is 35.5. The van der Waals surface area contributed by atoms with Crippen LogP contribution in [0.25, 0.3) is 0 Å². The van der Waals surface area contributed by atoms with Gasteiger partial charge in [0.1, 0.15) is 11.5 Å². The summed E-state index contributed by atoms with van der Waals surface area (Å²) in [5.74, 6) is 1.45. The van der Waals surface area contributed by atoms with Gasteiger partial charge in [-0.2, -0.15) is 5.10 Å². The Morgan fingerprint density at radius 3 is 2.80 bits per heavy atom. The average Bonchev–Trinajstić information content (AvgIpc) is 2.93. The molecule has 1 aliphatic carbocycles. The highest BCUT2D eigenvalue weighted by Gasteiger charge is 2.36. The zero-order valence-corrected chi connectivity index (χ0v) is 11.8. The second-order valence-electron chi connectivity index (χ2n) is 5.53. The van der Waals surface area contributed by atoms with E-state index in [1.165, 1.54) is 0 Å². The van der Waals surface area contributed by atoms with Gasteiger partial charge in [0, 0.05) is 25.6 Å². The largest absolute Gasteiger partial charge is 0.290 e. The summed E-state index contributed by atoms with van der Waals surface area (Å²) in [6, 6.07) is -0.00745. The first kappa shape index (κ1) is 12.1. The molecule has 0 radical (unpaired) electrons. The van der Waals surface area contributed by atoms with E-state index < -0.39 is 0 Å². The zero-order chi connectivity index (χ0) is 13.9. The third-order valence-electron chi connectivity index (χ3n) is 3.93. The van der Waals surface area contributed by atoms with Crippen LogP contribution in [0.4, 0.5) is 0 Å². The Hall–Kier alpha value is -1.69. The van der Waals surface area contributed by atoms with Gasteiger partial charge in [-0.25, -0.2) is 9.67 Å². The van der Waals surface area contributed by atoms with Crippen LogP contribution >= 0.6 is 11.6 Å². The van der Waals surface area contributed by atoms with Gasteiger partial charge in [-0.05, 0) is 19.3 Å². The summed E-state index contributed by atoms with van der Waals surface area (Å²) in [6.45, 7) is 0. The third kappa shape index (κ3) is 1.78. The Bertz CT molecular complexity index is 700. The quantitative estimate of drug-likeness (QED) is 0.809. The molecule has 7 heteroatoms. The third-order valence-corrected chi connectivity index (χ3v) is 4.22. The first-order valence-electron chi connectivity index (χ1n) is 6.82. The lowest BCUT2D eigenvalue weighted by Crippen LogP contribution is -2.11. The molecule has 1 aliphatic heterocycles. The van der Waals surface area contributed by atoms with Crippen LogP contribution < -0.4 is 0 Å². The number of nitrogens with zero attached hydrogens (tertiary/aromatic N) is 5. The highest BCUT2D eigenvalue weighted by Crippen LogP contribution is 2.35. The van der Waals surface area contributed by atoms with Crippen LogP contribution in [0.5, 0.6) is 0 Å². The number of aromatic nitrogens is 5. The van der Waals surface area contributed by atoms with Crippen LogP contribution in [0.3, 0.4) is 0 Å². The fourth-order valence-electron chi connectivity index (χ4n) is 2.75. The highest BCUT2D eigenvalue weighted by molar-refractivity contribution is 6.31. The summed E-state index contributed by atoms with van der Waals surface area (Å²) in [4.78, 5) is 16.4. The standard InChI is InChI=1S/C13H14ClN5O/c1-18-6-8(14)11(16-18)9-4-5-10-15-13(17-19(9)10)12(20)7-2-3-7/h6-7,9H,2-5H2,1H3. The fraction of sp³-hybridized carbons (Fsp3) is 0.538. The number of Topliss-reactive ketones (excluding diaryl/α,β-unsaturated/α-hetero) is 1. The Morgan fingerprint density at radius 2 is 2.15 bits per heavy atom. The first-order chi connectivity index (χ1) is 9.63. The summed E-state index contributed by atoms with van der Waals surface area (Å²) in [5, 5.41) is 9.45. The predicted molar refractivity (Wildman–Crippen MR) is 71.8 cm³/mol. The molecular formula is C13H14ClN5O. The van der Waals surface area contributed by atoms with E-state index in [0.717, 1.165) is 37.2 Å². The lowest BCUT2D eigenvalue weighted by Gasteiger charge is -2.08. The maximum atomic E-state index is 12.0. The number of hydrogen-bond donors (Lipinski definition) is 0. The molecule has 104 valence electrons. The molecule has 0 N–H and O–H groups in total. The van der Waals surface area contributed by atoms with Crippen molar-refractivity contribution in [3.05, 3.63) is 28.6 Å². The smallest absolute Gasteiger partial charge is 0.217 e. The monoisotopic (exact) mass is 291 g/mol. The molecule has 2 aliphatic rings. The molecule has 2 aromatic rings. The van der Waals surface area contributed by atoms with E-state index in [0.29, 0.717) is 10.8 Å². The van der Waals surface area contributed by atoms with Gasteiger partial charge in [0.05, 0.1) is 11.1 Å². The van der Waals surface area contributed by atoms with E-state index in [9.17, 15) is 4.79 Å². The Morgan fingerprint density at radius 1 is 1.35 bits per heavy atom. The van der Waals surface area contributed by atoms with Crippen LogP contribution in [-0.2, 0) is 13.5 Å². The Balaban J connectivity index is 1.70. The minimum Gasteiger partial charge on any atom is -0.290 e. The number of halogens is 1. The Labute approximate surface area is 120 Å². The number of fused-ring (bicyclic) bond motifs is 1. The van der Waals surface area contributed by atoms with E-state index in [1.54, 1.807) is 10.9 Å². The molecule has 3 heterocycles. The van der Waals surface area contributed by atoms with Gasteiger partial charge in [0.15, 0.2) is 0 Å². The second kappa shape index (κ2) is 4.15. The van der Waals surface area contributed by atoms with Gasteiger partial charge >= 0.3 is 0 Å². The average molecular weight is 292 g/mol. The molecule has 4 rings (SSSR count). The molecule has 6 nitrogen and oxygen atoms in total. The molecule has 0 saturated heterocycles. The van der Waals surface area contributed by atoms with Crippen molar-refractivity contribution in [2.75, 3.05) is 0 Å². The minimum absolute atomic E-state index is 0.00745. The number of aryl methyl sites for hydroxylation is 2. The van der Waals surface area contributed by atoms with Crippen LogP contribution in [0.15, 0.2) is 6.20 Å². The van der Waals surface area contributed by atoms with Crippen LogP contribution in [0, 0.1) is 5.92 Å². The topological polar surface area (TPSA) is 65.6 Å². The fourth-order valence-corrected chi connectivity index (χ4v) is 3.06. The zero-order valence-electron chi connectivity index (χ0n) is 11.1. The van der Waals surface area contributed by atoms with E-state index in [4.69, 9.17) is 11.6 Å². The van der Waals surface area contributed by atoms with Crippen molar-refractivity contribution < 1.29 is 4.79 Å². The van der Waals surface area contributed by atoms with Crippen molar-refractivity contribution in [1.82, 2.24) is 24.5 Å². The van der Waals surface area contributed by atoms with E-state index in [1.807, 2.05) is 11.7 Å². The van der Waals surface area contributed by atoms with E-state index in [-0.39, 0.29) is 17.7 Å². The molecule has 0 bridgehead atoms. The maximum absolute atomic E-state index is 12.0. The van der Waals surface area contributed by atoms with Gasteiger partial charge < -0.3 is 0 Å². The molecule has 2 aromatic heterocycles. The summed E-state index contributed by atoms with van der Waals surface area (Å²) >= 11 is 6.21. The molecule has 1 atom stereocenters. The number of carbonyl (C=O) groups is 1. The van der Waals surface area contributed by atoms with Crippen molar-refractivity contribution in [3.8, 4) is 0 Å². The van der Waals surface area contributed by atoms with Crippen molar-refractivity contribution in [2.24, 2.45) is 13.0 Å². The number of ketones is 1. The van der Waals surface area contributed by atoms with Crippen molar-refractivity contribution in [3.63, 3.8) is 0 Å².